The summed E-state index contributed by atoms with van der Waals surface area (Å²) in [5.74, 6) is 0.970. The summed E-state index contributed by atoms with van der Waals surface area (Å²) in [6, 6.07) is 43.9. The van der Waals surface area contributed by atoms with Gasteiger partial charge in [-0.3, -0.25) is 9.59 Å². The SMILES string of the molecule is CCCCCCCCCCCCc1cc(-c2cc3c(-c4ccc(CC(CCCCCCCCCC)CCCCCCCCCC)s4)c4sc(-c5cc(CCCCCCCCCCCC)c(/C=C6\C(=O)c7ccccc7C6=C(C#N)C#N)s5)cc4c(-c4ccc(CC(CCCCCCCCCC)CCCCCCCCCC)s4)c3s2)sc1/C=C1\C(=O)c2ccccc2C1=C(C#N)C#N. The van der Waals surface area contributed by atoms with Crippen LogP contribution in [0.2, 0.25) is 0 Å². The Morgan fingerprint density at radius 1 is 0.288 bits per heavy atom. The maximum Gasteiger partial charge on any atom is 0.194 e. The number of rotatable bonds is 68. The van der Waals surface area contributed by atoms with Crippen LogP contribution in [0.5, 0.6) is 0 Å². The summed E-state index contributed by atoms with van der Waals surface area (Å²) in [4.78, 5) is 42.3. The zero-order chi connectivity index (χ0) is 92.7. The Morgan fingerprint density at radius 2 is 0.545 bits per heavy atom. The van der Waals surface area contributed by atoms with Crippen LogP contribution in [0, 0.1) is 57.2 Å². The summed E-state index contributed by atoms with van der Waals surface area (Å²) < 4.78 is 2.59. The van der Waals surface area contributed by atoms with E-state index in [4.69, 9.17) is 0 Å². The van der Waals surface area contributed by atoms with Gasteiger partial charge in [0.25, 0.3) is 0 Å². The van der Waals surface area contributed by atoms with Crippen LogP contribution in [0.1, 0.15) is 464 Å². The minimum atomic E-state index is -0.142. The van der Waals surface area contributed by atoms with Crippen LogP contribution in [0.3, 0.4) is 0 Å². The highest BCUT2D eigenvalue weighted by atomic mass is 32.1. The number of allylic oxidation sites excluding steroid dienone is 6. The van der Waals surface area contributed by atoms with Crippen molar-refractivity contribution in [1.82, 2.24) is 0 Å². The summed E-state index contributed by atoms with van der Waals surface area (Å²) in [5, 5.41) is 45.1. The molecule has 0 saturated carbocycles. The first-order chi connectivity index (χ1) is 65.0. The van der Waals surface area contributed by atoms with Crippen LogP contribution in [-0.4, -0.2) is 11.6 Å². The number of nitrogens with zero attached hydrogens (tertiary/aromatic N) is 4. The molecule has 12 heteroatoms. The number of thiophene rings is 6. The minimum Gasteiger partial charge on any atom is -0.289 e. The summed E-state index contributed by atoms with van der Waals surface area (Å²) in [6.07, 6.45) is 80.5. The Labute approximate surface area is 822 Å². The summed E-state index contributed by atoms with van der Waals surface area (Å²) in [7, 11) is 0. The van der Waals surface area contributed by atoms with Gasteiger partial charge in [-0.05, 0) is 133 Å². The van der Waals surface area contributed by atoms with E-state index in [1.165, 1.54) is 415 Å². The molecule has 6 nitrogen and oxygen atoms in total. The maximum atomic E-state index is 15.0. The van der Waals surface area contributed by atoms with Gasteiger partial charge >= 0.3 is 0 Å². The van der Waals surface area contributed by atoms with Crippen molar-refractivity contribution in [3.8, 4) is 64.7 Å². The van der Waals surface area contributed by atoms with Crippen molar-refractivity contribution >= 4 is 123 Å². The monoisotopic (exact) mass is 1880 g/mol. The van der Waals surface area contributed by atoms with Crippen molar-refractivity contribution < 1.29 is 9.59 Å². The quantitative estimate of drug-likeness (QED) is 0.0212. The van der Waals surface area contributed by atoms with E-state index in [2.05, 4.69) is 114 Å². The molecular formula is C120H158N4O2S6. The molecule has 0 amide bonds. The van der Waals surface area contributed by atoms with Gasteiger partial charge in [-0.15, -0.1) is 68.0 Å². The number of fused-ring (bicyclic) bond motifs is 4. The number of Topliss-reactive ketones (excluding diaryl/α,β-unsaturated/α-hetero) is 2. The van der Waals surface area contributed by atoms with Crippen LogP contribution in [0.15, 0.2) is 119 Å². The van der Waals surface area contributed by atoms with Gasteiger partial charge in [-0.25, -0.2) is 0 Å². The smallest absolute Gasteiger partial charge is 0.194 e. The van der Waals surface area contributed by atoms with E-state index in [9.17, 15) is 30.6 Å². The highest BCUT2D eigenvalue weighted by Gasteiger charge is 2.36. The lowest BCUT2D eigenvalue weighted by Gasteiger charge is -2.16. The van der Waals surface area contributed by atoms with Crippen molar-refractivity contribution in [2.45, 2.75) is 427 Å². The van der Waals surface area contributed by atoms with Crippen LogP contribution in [0.4, 0.5) is 0 Å². The molecule has 0 radical (unpaired) electrons. The number of carbonyl (C=O) groups is 2. The number of unbranched alkanes of at least 4 members (excludes halogenated alkanes) is 46. The van der Waals surface area contributed by atoms with Crippen molar-refractivity contribution in [1.29, 1.82) is 21.0 Å². The predicted octanol–water partition coefficient (Wildman–Crippen LogP) is 40.6. The largest absolute Gasteiger partial charge is 0.289 e. The Bertz CT molecular complexity index is 4890. The third kappa shape index (κ3) is 31.3. The zero-order valence-corrected chi connectivity index (χ0v) is 86.9. The van der Waals surface area contributed by atoms with E-state index < -0.39 is 0 Å². The average molecular weight is 1880 g/mol. The fraction of sp³-hybridized carbons (Fsp3) is 0.567. The molecule has 9 aromatic rings. The fourth-order valence-corrected chi connectivity index (χ4v) is 28.0. The van der Waals surface area contributed by atoms with E-state index in [0.29, 0.717) is 56.4 Å². The molecule has 132 heavy (non-hydrogen) atoms. The molecular weight excluding hydrogens is 1720 g/mol. The number of nitriles is 4. The molecule has 2 aliphatic carbocycles. The molecule has 0 unspecified atom stereocenters. The van der Waals surface area contributed by atoms with Gasteiger partial charge in [0.1, 0.15) is 35.4 Å². The van der Waals surface area contributed by atoms with Crippen molar-refractivity contribution in [3.63, 3.8) is 0 Å². The first kappa shape index (κ1) is 105. The number of benzene rings is 3. The van der Waals surface area contributed by atoms with Gasteiger partial charge in [-0.2, -0.15) is 21.0 Å². The van der Waals surface area contributed by atoms with Crippen molar-refractivity contribution in [2.75, 3.05) is 0 Å². The van der Waals surface area contributed by atoms with Crippen LogP contribution in [0.25, 0.3) is 83.9 Å². The lowest BCUT2D eigenvalue weighted by atomic mass is 9.91. The molecule has 6 heterocycles. The Hall–Kier alpha value is -7.36. The number of hydrogen-bond donors (Lipinski definition) is 0. The van der Waals surface area contributed by atoms with Gasteiger partial charge in [0.05, 0.1) is 0 Å². The molecule has 0 bridgehead atoms. The van der Waals surface area contributed by atoms with Crippen LogP contribution >= 0.6 is 68.0 Å². The van der Waals surface area contributed by atoms with Gasteiger partial charge in [0, 0.05) is 113 Å². The predicted molar refractivity (Wildman–Crippen MR) is 579 cm³/mol. The van der Waals surface area contributed by atoms with Gasteiger partial charge in [0.15, 0.2) is 11.6 Å². The lowest BCUT2D eigenvalue weighted by molar-refractivity contribution is 0.103. The first-order valence-electron chi connectivity index (χ1n) is 53.3. The molecule has 2 aliphatic rings. The number of aryl methyl sites for hydroxylation is 2. The molecule has 3 aromatic carbocycles. The van der Waals surface area contributed by atoms with E-state index in [0.717, 1.165) is 61.1 Å². The van der Waals surface area contributed by atoms with Crippen molar-refractivity contribution in [2.24, 2.45) is 11.8 Å². The standard InChI is InChI=1S/C120H158N4O2S6/c1-7-13-19-25-31-37-39-45-51-57-67-91-79-109(129-107(91)81-101-113(93(85-121)86-122)97-69-59-61-71-99(97)117(101)125)111-83-103-115(105-75-73-95(127-105)77-89(63-53-47-41-33-27-21-15-9-3)64-54-48-42-34-28-22-16-10-4)120-104(116(119(103)131-111)106-76-74-96(128-106)78-90(65-55-49-43-35-29-23-17-11-5)66-56-50-44-36-30-24-18-12-6)84-112(132-120)110-80-92(68-58-52-46-40-38-32-26-20-14-8-2)108(130-110)82-102-114(94(87-123)88-124)98-70-60-62-72-100(98)118(102)126/h59-62,69-76,79-84,89-90H,7-58,63-68,77-78H2,1-6H3/b101-81-,102-82-. The molecule has 0 spiro atoms. The Morgan fingerprint density at radius 3 is 0.826 bits per heavy atom. The molecule has 0 fully saturated rings. The van der Waals surface area contributed by atoms with E-state index in [-0.39, 0.29) is 22.7 Å². The number of hydrogen-bond acceptors (Lipinski definition) is 12. The zero-order valence-electron chi connectivity index (χ0n) is 82.0. The molecule has 0 saturated heterocycles. The molecule has 0 atom stereocenters. The average Bonchev–Trinajstić information content (AvgIpc) is 1.56. The summed E-state index contributed by atoms with van der Waals surface area (Å²) in [6.45, 7) is 13.9. The van der Waals surface area contributed by atoms with Crippen LogP contribution in [-0.2, 0) is 25.7 Å². The number of ketones is 2. The third-order valence-electron chi connectivity index (χ3n) is 28.3. The second kappa shape index (κ2) is 59.6. The topological polar surface area (TPSA) is 129 Å². The molecule has 706 valence electrons. The van der Waals surface area contributed by atoms with E-state index >= 15 is 0 Å². The normalized spacial score (nSPS) is 13.2. The van der Waals surface area contributed by atoms with Gasteiger partial charge in [0.2, 0.25) is 0 Å². The summed E-state index contributed by atoms with van der Waals surface area (Å²) in [5.41, 5.74) is 9.05. The first-order valence-corrected chi connectivity index (χ1v) is 58.2. The second-order valence-corrected chi connectivity index (χ2v) is 45.5. The molecule has 6 aromatic heterocycles. The second-order valence-electron chi connectivity index (χ2n) is 38.9. The number of carbonyl (C=O) groups excluding carboxylic acids is 2. The Balaban J connectivity index is 1.09. The minimum absolute atomic E-state index is 0.0366. The fourth-order valence-electron chi connectivity index (χ4n) is 20.6. The summed E-state index contributed by atoms with van der Waals surface area (Å²) >= 11 is 11.5. The lowest BCUT2D eigenvalue weighted by Crippen LogP contribution is -2.04. The van der Waals surface area contributed by atoms with E-state index in [1.54, 1.807) is 22.7 Å². The molecule has 0 aliphatic heterocycles. The van der Waals surface area contributed by atoms with Gasteiger partial charge in [-0.1, -0.05) is 437 Å². The highest BCUT2D eigenvalue weighted by Crippen LogP contribution is 2.57. The Kier molecular flexibility index (Phi) is 47.5. The maximum absolute atomic E-state index is 15.0. The molecule has 0 N–H and O–H groups in total. The molecule has 11 rings (SSSR count). The van der Waals surface area contributed by atoms with E-state index in [1.807, 2.05) is 106 Å². The highest BCUT2D eigenvalue weighted by molar-refractivity contribution is 7.29. The third-order valence-corrected chi connectivity index (χ3v) is 35.5. The van der Waals surface area contributed by atoms with Crippen molar-refractivity contribution in [3.05, 3.63) is 172 Å². The van der Waals surface area contributed by atoms with Gasteiger partial charge < -0.3 is 0 Å². The van der Waals surface area contributed by atoms with Crippen LogP contribution < -0.4 is 0 Å².